The lowest BCUT2D eigenvalue weighted by atomic mass is 9.44. The number of fused-ring (bicyclic) bond motifs is 5. The van der Waals surface area contributed by atoms with E-state index in [4.69, 9.17) is 28.4 Å². The Morgan fingerprint density at radius 3 is 1.74 bits per heavy atom. The summed E-state index contributed by atoms with van der Waals surface area (Å²) in [6.07, 6.45) is -7.80. The van der Waals surface area contributed by atoms with E-state index in [2.05, 4.69) is 0 Å². The molecule has 0 aromatic rings. The summed E-state index contributed by atoms with van der Waals surface area (Å²) < 4.78 is 35.1. The van der Waals surface area contributed by atoms with Gasteiger partial charge in [-0.25, -0.2) is 0 Å². The highest BCUT2D eigenvalue weighted by atomic mass is 16.6. The van der Waals surface area contributed by atoms with Crippen LogP contribution in [0.5, 0.6) is 0 Å². The molecule has 2 saturated carbocycles. The molecule has 2 bridgehead atoms. The molecule has 0 spiro atoms. The van der Waals surface area contributed by atoms with Crippen LogP contribution in [0.2, 0.25) is 0 Å². The molecule has 1 aliphatic heterocycles. The van der Waals surface area contributed by atoms with Crippen molar-refractivity contribution < 1.29 is 62.6 Å². The Hall–Kier alpha value is -3.03. The Labute approximate surface area is 250 Å². The van der Waals surface area contributed by atoms with Crippen molar-refractivity contribution in [2.45, 2.75) is 123 Å². The molecule has 2 N–H and O–H groups in total. The Balaban J connectivity index is 2.18. The zero-order valence-corrected chi connectivity index (χ0v) is 26.0. The van der Waals surface area contributed by atoms with E-state index in [0.29, 0.717) is 5.57 Å². The van der Waals surface area contributed by atoms with Gasteiger partial charge in [0.15, 0.2) is 12.2 Å². The summed E-state index contributed by atoms with van der Waals surface area (Å²) in [5.74, 6) is -4.97. The molecule has 1 heterocycles. The van der Waals surface area contributed by atoms with Crippen LogP contribution in [0.3, 0.4) is 0 Å². The number of esters is 5. The lowest BCUT2D eigenvalue weighted by Gasteiger charge is -2.68. The van der Waals surface area contributed by atoms with Crippen molar-refractivity contribution in [3.8, 4) is 0 Å². The largest absolute Gasteiger partial charge is 0.462 e. The van der Waals surface area contributed by atoms with Crippen LogP contribution in [-0.2, 0) is 52.4 Å². The molecule has 0 amide bonds. The highest BCUT2D eigenvalue weighted by Crippen LogP contribution is 2.65. The lowest BCUT2D eigenvalue weighted by molar-refractivity contribution is -0.365. The molecule has 4 rings (SSSR count). The first-order valence-electron chi connectivity index (χ1n) is 14.3. The van der Waals surface area contributed by atoms with Gasteiger partial charge >= 0.3 is 29.8 Å². The van der Waals surface area contributed by atoms with E-state index in [1.54, 1.807) is 27.7 Å². The number of hydrogen-bond acceptors (Lipinski definition) is 13. The van der Waals surface area contributed by atoms with Gasteiger partial charge in [-0.3, -0.25) is 24.0 Å². The standard InChI is InChI=1S/C30H42O13/c1-13-19(39-14(2)31)11-30(37)26(43-18(6)35)24-28(9,20(40-15(3)32)10-21-29(24,36)12-38-21)25(42-17(5)34)23(41-16(4)33)22(13)27(30,7)8/h19-21,23-26,36-37H,10-12H2,1-9H3. The van der Waals surface area contributed by atoms with Gasteiger partial charge in [-0.05, 0) is 18.1 Å². The van der Waals surface area contributed by atoms with E-state index in [1.807, 2.05) is 0 Å². The third kappa shape index (κ3) is 5.02. The SMILES string of the molecule is CC(=O)OC1CC2(O)C(OC(C)=O)C3C4(O)COC4CC(OC(C)=O)C3(C)C(OC(C)=O)C(OC(C)=O)C(=C1C)C2(C)C. The summed E-state index contributed by atoms with van der Waals surface area (Å²) >= 11 is 0. The molecule has 0 aromatic heterocycles. The second kappa shape index (κ2) is 10.8. The summed E-state index contributed by atoms with van der Waals surface area (Å²) in [5, 5.41) is 25.2. The monoisotopic (exact) mass is 610 g/mol. The first-order chi connectivity index (χ1) is 19.7. The molecule has 240 valence electrons. The molecule has 3 aliphatic carbocycles. The van der Waals surface area contributed by atoms with Gasteiger partial charge in [-0.2, -0.15) is 0 Å². The third-order valence-corrected chi connectivity index (χ3v) is 10.0. The summed E-state index contributed by atoms with van der Waals surface area (Å²) in [4.78, 5) is 63.0. The summed E-state index contributed by atoms with van der Waals surface area (Å²) in [6.45, 7) is 12.2. The van der Waals surface area contributed by atoms with Gasteiger partial charge in [0, 0.05) is 58.8 Å². The van der Waals surface area contributed by atoms with Crippen molar-refractivity contribution >= 4 is 29.8 Å². The van der Waals surface area contributed by atoms with Crippen LogP contribution in [0.1, 0.15) is 75.2 Å². The van der Waals surface area contributed by atoms with E-state index >= 15 is 0 Å². The zero-order chi connectivity index (χ0) is 32.4. The second-order valence-corrected chi connectivity index (χ2v) is 13.0. The van der Waals surface area contributed by atoms with Crippen molar-refractivity contribution in [1.29, 1.82) is 0 Å². The average molecular weight is 611 g/mol. The number of ether oxygens (including phenoxy) is 6. The van der Waals surface area contributed by atoms with Crippen molar-refractivity contribution in [3.63, 3.8) is 0 Å². The minimum atomic E-state index is -2.08. The fourth-order valence-corrected chi connectivity index (χ4v) is 8.18. The second-order valence-electron chi connectivity index (χ2n) is 13.0. The molecule has 0 aromatic carbocycles. The van der Waals surface area contributed by atoms with E-state index < -0.39 is 94.4 Å². The minimum Gasteiger partial charge on any atom is -0.462 e. The fourth-order valence-electron chi connectivity index (χ4n) is 8.18. The molecule has 43 heavy (non-hydrogen) atoms. The highest BCUT2D eigenvalue weighted by Gasteiger charge is 2.78. The van der Waals surface area contributed by atoms with Crippen LogP contribution in [0.4, 0.5) is 0 Å². The van der Waals surface area contributed by atoms with Gasteiger partial charge in [0.1, 0.15) is 29.5 Å². The van der Waals surface area contributed by atoms with E-state index in [-0.39, 0.29) is 25.0 Å². The van der Waals surface area contributed by atoms with Crippen molar-refractivity contribution in [3.05, 3.63) is 11.1 Å². The lowest BCUT2D eigenvalue weighted by Crippen LogP contribution is -2.82. The van der Waals surface area contributed by atoms with Gasteiger partial charge in [-0.15, -0.1) is 0 Å². The quantitative estimate of drug-likeness (QED) is 0.258. The normalized spacial score (nSPS) is 41.1. The van der Waals surface area contributed by atoms with E-state index in [0.717, 1.165) is 13.8 Å². The number of carbonyl (C=O) groups excluding carboxylic acids is 5. The number of hydrogen-bond donors (Lipinski definition) is 2. The molecular weight excluding hydrogens is 568 g/mol. The van der Waals surface area contributed by atoms with Crippen LogP contribution in [0, 0.1) is 16.7 Å². The van der Waals surface area contributed by atoms with E-state index in [9.17, 15) is 34.2 Å². The van der Waals surface area contributed by atoms with Crippen LogP contribution < -0.4 is 0 Å². The third-order valence-electron chi connectivity index (χ3n) is 10.0. The summed E-state index contributed by atoms with van der Waals surface area (Å²) in [7, 11) is 0. The first-order valence-corrected chi connectivity index (χ1v) is 14.3. The summed E-state index contributed by atoms with van der Waals surface area (Å²) in [6, 6.07) is 0. The number of carbonyl (C=O) groups is 5. The van der Waals surface area contributed by atoms with E-state index in [1.165, 1.54) is 20.8 Å². The Morgan fingerprint density at radius 2 is 1.28 bits per heavy atom. The van der Waals surface area contributed by atoms with Crippen molar-refractivity contribution in [2.75, 3.05) is 6.61 Å². The maximum absolute atomic E-state index is 12.9. The van der Waals surface area contributed by atoms with Crippen molar-refractivity contribution in [1.82, 2.24) is 0 Å². The maximum Gasteiger partial charge on any atom is 0.303 e. The zero-order valence-electron chi connectivity index (χ0n) is 26.0. The van der Waals surface area contributed by atoms with Gasteiger partial charge in [0.25, 0.3) is 0 Å². The summed E-state index contributed by atoms with van der Waals surface area (Å²) in [5.41, 5.74) is -6.20. The van der Waals surface area contributed by atoms with Crippen molar-refractivity contribution in [2.24, 2.45) is 16.7 Å². The first kappa shape index (κ1) is 32.9. The molecule has 13 heteroatoms. The maximum atomic E-state index is 12.9. The van der Waals surface area contributed by atoms with Gasteiger partial charge in [-0.1, -0.05) is 20.8 Å². The highest BCUT2D eigenvalue weighted by molar-refractivity contribution is 5.70. The fraction of sp³-hybridized carbons (Fsp3) is 0.767. The Kier molecular flexibility index (Phi) is 8.29. The Morgan fingerprint density at radius 1 is 0.767 bits per heavy atom. The average Bonchev–Trinajstić information content (AvgIpc) is 2.84. The van der Waals surface area contributed by atoms with Crippen LogP contribution in [0.25, 0.3) is 0 Å². The minimum absolute atomic E-state index is 0.0314. The molecule has 10 unspecified atom stereocenters. The van der Waals surface area contributed by atoms with Crippen LogP contribution >= 0.6 is 0 Å². The van der Waals surface area contributed by atoms with Gasteiger partial charge in [0.05, 0.1) is 18.1 Å². The predicted octanol–water partition coefficient (Wildman–Crippen LogP) is 1.29. The molecule has 3 fully saturated rings. The van der Waals surface area contributed by atoms with Crippen LogP contribution in [0.15, 0.2) is 11.1 Å². The molecular formula is C30H42O13. The smallest absolute Gasteiger partial charge is 0.303 e. The molecule has 13 nitrogen and oxygen atoms in total. The number of aliphatic hydroxyl groups is 2. The Bertz CT molecular complexity index is 1250. The van der Waals surface area contributed by atoms with Gasteiger partial charge < -0.3 is 38.6 Å². The molecule has 10 atom stereocenters. The van der Waals surface area contributed by atoms with Gasteiger partial charge in [0.2, 0.25) is 0 Å². The molecule has 1 saturated heterocycles. The molecule has 0 radical (unpaired) electrons. The topological polar surface area (TPSA) is 181 Å². The van der Waals surface area contributed by atoms with Crippen LogP contribution in [-0.4, -0.2) is 94.5 Å². The molecule has 4 aliphatic rings. The predicted molar refractivity (Wildman–Crippen MR) is 145 cm³/mol. The number of rotatable bonds is 5.